The minimum atomic E-state index is 0.631. The predicted octanol–water partition coefficient (Wildman–Crippen LogP) is 2.46. The summed E-state index contributed by atoms with van der Waals surface area (Å²) in [6.45, 7) is 5.45. The van der Waals surface area contributed by atoms with Gasteiger partial charge in [0.1, 0.15) is 12.4 Å². The highest BCUT2D eigenvalue weighted by atomic mass is 16.5. The first-order valence-corrected chi connectivity index (χ1v) is 6.79. The van der Waals surface area contributed by atoms with Crippen molar-refractivity contribution in [2.75, 3.05) is 13.2 Å². The number of aromatic nitrogens is 2. The average Bonchev–Trinajstić information content (AvgIpc) is 2.94. The molecule has 0 unspecified atom stereocenters. The Hall–Kier alpha value is -1.81. The lowest BCUT2D eigenvalue weighted by Gasteiger charge is -2.12. The summed E-state index contributed by atoms with van der Waals surface area (Å²) in [5.41, 5.74) is 1.21. The molecule has 4 nitrogen and oxygen atoms in total. The number of nitrogens with zero attached hydrogens (tertiary/aromatic N) is 2. The fourth-order valence-electron chi connectivity index (χ4n) is 1.87. The summed E-state index contributed by atoms with van der Waals surface area (Å²) >= 11 is 0. The summed E-state index contributed by atoms with van der Waals surface area (Å²) in [4.78, 5) is 0. The summed E-state index contributed by atoms with van der Waals surface area (Å²) in [5, 5.41) is 7.55. The fraction of sp³-hybridized carbons (Fsp3) is 0.400. The van der Waals surface area contributed by atoms with Gasteiger partial charge in [0, 0.05) is 24.5 Å². The smallest absolute Gasteiger partial charge is 0.123 e. The number of hydrogen-bond donors (Lipinski definition) is 1. The van der Waals surface area contributed by atoms with Crippen molar-refractivity contribution in [2.45, 2.75) is 26.4 Å². The van der Waals surface area contributed by atoms with Crippen LogP contribution >= 0.6 is 0 Å². The van der Waals surface area contributed by atoms with Crippen molar-refractivity contribution in [3.05, 3.63) is 48.3 Å². The van der Waals surface area contributed by atoms with Crippen LogP contribution in [0.3, 0.4) is 0 Å². The van der Waals surface area contributed by atoms with Gasteiger partial charge < -0.3 is 10.1 Å². The molecule has 1 aromatic carbocycles. The minimum Gasteiger partial charge on any atom is -0.491 e. The Morgan fingerprint density at radius 3 is 2.95 bits per heavy atom. The Bertz CT molecular complexity index is 468. The lowest BCUT2D eigenvalue weighted by molar-refractivity contribution is 0.288. The number of rotatable bonds is 8. The molecule has 0 saturated carbocycles. The molecule has 0 fully saturated rings. The largest absolute Gasteiger partial charge is 0.491 e. The van der Waals surface area contributed by atoms with Crippen LogP contribution in [-0.4, -0.2) is 22.9 Å². The zero-order valence-corrected chi connectivity index (χ0v) is 11.4. The van der Waals surface area contributed by atoms with Crippen LogP contribution in [0.4, 0.5) is 0 Å². The maximum absolute atomic E-state index is 5.84. The van der Waals surface area contributed by atoms with E-state index < -0.39 is 0 Å². The summed E-state index contributed by atoms with van der Waals surface area (Å²) in [6, 6.07) is 10.1. The first-order chi connectivity index (χ1) is 9.40. The van der Waals surface area contributed by atoms with Crippen LogP contribution in [0.5, 0.6) is 5.75 Å². The van der Waals surface area contributed by atoms with E-state index in [1.807, 2.05) is 35.1 Å². The van der Waals surface area contributed by atoms with Crippen LogP contribution in [0.2, 0.25) is 0 Å². The molecule has 1 aromatic heterocycles. The molecule has 0 atom stereocenters. The van der Waals surface area contributed by atoms with E-state index in [-0.39, 0.29) is 0 Å². The number of hydrogen-bond acceptors (Lipinski definition) is 3. The van der Waals surface area contributed by atoms with Crippen LogP contribution in [-0.2, 0) is 13.1 Å². The zero-order valence-electron chi connectivity index (χ0n) is 11.4. The van der Waals surface area contributed by atoms with Crippen molar-refractivity contribution in [3.8, 4) is 5.75 Å². The van der Waals surface area contributed by atoms with Gasteiger partial charge in [-0.05, 0) is 25.1 Å². The predicted molar refractivity (Wildman–Crippen MR) is 76.2 cm³/mol. The summed E-state index contributed by atoms with van der Waals surface area (Å²) < 4.78 is 7.71. The number of para-hydroxylation sites is 1. The quantitative estimate of drug-likeness (QED) is 0.740. The molecular formula is C15H21N3O. The molecule has 102 valence electrons. The monoisotopic (exact) mass is 259 g/mol. The van der Waals surface area contributed by atoms with Crippen molar-refractivity contribution in [1.82, 2.24) is 15.1 Å². The third-order valence-electron chi connectivity index (χ3n) is 2.85. The average molecular weight is 259 g/mol. The van der Waals surface area contributed by atoms with Crippen molar-refractivity contribution in [1.29, 1.82) is 0 Å². The van der Waals surface area contributed by atoms with Crippen LogP contribution < -0.4 is 10.1 Å². The van der Waals surface area contributed by atoms with E-state index in [1.165, 1.54) is 5.56 Å². The molecule has 1 N–H and O–H groups in total. The van der Waals surface area contributed by atoms with Crippen LogP contribution in [0.15, 0.2) is 42.7 Å². The van der Waals surface area contributed by atoms with Crippen LogP contribution in [0.1, 0.15) is 18.9 Å². The third kappa shape index (κ3) is 4.41. The van der Waals surface area contributed by atoms with E-state index in [4.69, 9.17) is 4.74 Å². The Kier molecular flexibility index (Phi) is 5.44. The first kappa shape index (κ1) is 13.6. The van der Waals surface area contributed by atoms with Gasteiger partial charge in [-0.15, -0.1) is 0 Å². The van der Waals surface area contributed by atoms with E-state index in [2.05, 4.69) is 23.4 Å². The zero-order chi connectivity index (χ0) is 13.3. The van der Waals surface area contributed by atoms with Gasteiger partial charge in [-0.25, -0.2) is 0 Å². The van der Waals surface area contributed by atoms with E-state index in [0.29, 0.717) is 6.61 Å². The van der Waals surface area contributed by atoms with Gasteiger partial charge in [-0.3, -0.25) is 4.68 Å². The lowest BCUT2D eigenvalue weighted by Crippen LogP contribution is -2.15. The van der Waals surface area contributed by atoms with Crippen molar-refractivity contribution in [3.63, 3.8) is 0 Å². The van der Waals surface area contributed by atoms with Crippen molar-refractivity contribution in [2.24, 2.45) is 0 Å². The molecule has 0 aliphatic rings. The maximum atomic E-state index is 5.84. The minimum absolute atomic E-state index is 0.631. The molecule has 4 heteroatoms. The SMILES string of the molecule is CCCNCc1ccccc1OCCn1cccn1. The van der Waals surface area contributed by atoms with E-state index in [9.17, 15) is 0 Å². The lowest BCUT2D eigenvalue weighted by atomic mass is 10.2. The second-order valence-corrected chi connectivity index (χ2v) is 4.40. The maximum Gasteiger partial charge on any atom is 0.123 e. The van der Waals surface area contributed by atoms with Crippen molar-refractivity contribution < 1.29 is 4.74 Å². The molecule has 0 aliphatic heterocycles. The van der Waals surface area contributed by atoms with E-state index in [0.717, 1.165) is 31.8 Å². The number of nitrogens with one attached hydrogen (secondary N) is 1. The topological polar surface area (TPSA) is 39.1 Å². The van der Waals surface area contributed by atoms with Crippen molar-refractivity contribution >= 4 is 0 Å². The second kappa shape index (κ2) is 7.59. The van der Waals surface area contributed by atoms with E-state index >= 15 is 0 Å². The van der Waals surface area contributed by atoms with Gasteiger partial charge >= 0.3 is 0 Å². The number of benzene rings is 1. The van der Waals surface area contributed by atoms with Gasteiger partial charge in [-0.2, -0.15) is 5.10 Å². The molecule has 2 aromatic rings. The summed E-state index contributed by atoms with van der Waals surface area (Å²) in [7, 11) is 0. The summed E-state index contributed by atoms with van der Waals surface area (Å²) in [5.74, 6) is 0.957. The molecule has 0 bridgehead atoms. The Labute approximate surface area is 114 Å². The summed E-state index contributed by atoms with van der Waals surface area (Å²) in [6.07, 6.45) is 4.86. The molecular weight excluding hydrogens is 238 g/mol. The third-order valence-corrected chi connectivity index (χ3v) is 2.85. The van der Waals surface area contributed by atoms with Crippen LogP contribution in [0, 0.1) is 0 Å². The second-order valence-electron chi connectivity index (χ2n) is 4.40. The molecule has 19 heavy (non-hydrogen) atoms. The Balaban J connectivity index is 1.84. The fourth-order valence-corrected chi connectivity index (χ4v) is 1.87. The molecule has 0 aliphatic carbocycles. The van der Waals surface area contributed by atoms with Gasteiger partial charge in [0.25, 0.3) is 0 Å². The van der Waals surface area contributed by atoms with E-state index in [1.54, 1.807) is 6.20 Å². The molecule has 0 spiro atoms. The van der Waals surface area contributed by atoms with Crippen LogP contribution in [0.25, 0.3) is 0 Å². The van der Waals surface area contributed by atoms with Gasteiger partial charge in [-0.1, -0.05) is 25.1 Å². The first-order valence-electron chi connectivity index (χ1n) is 6.79. The van der Waals surface area contributed by atoms with Gasteiger partial charge in [0.05, 0.1) is 6.54 Å². The molecule has 0 radical (unpaired) electrons. The Morgan fingerprint density at radius 1 is 1.26 bits per heavy atom. The van der Waals surface area contributed by atoms with Gasteiger partial charge in [0.15, 0.2) is 0 Å². The standard InChI is InChI=1S/C15H21N3O/c1-2-8-16-13-14-6-3-4-7-15(14)19-12-11-18-10-5-9-17-18/h3-7,9-10,16H,2,8,11-13H2,1H3. The normalized spacial score (nSPS) is 10.6. The molecule has 1 heterocycles. The molecule has 2 rings (SSSR count). The molecule has 0 amide bonds. The van der Waals surface area contributed by atoms with Gasteiger partial charge in [0.2, 0.25) is 0 Å². The highest BCUT2D eigenvalue weighted by Gasteiger charge is 2.02. The highest BCUT2D eigenvalue weighted by molar-refractivity contribution is 5.33. The molecule has 0 saturated heterocycles. The highest BCUT2D eigenvalue weighted by Crippen LogP contribution is 2.17. The number of ether oxygens (including phenoxy) is 1. The Morgan fingerprint density at radius 2 is 2.16 bits per heavy atom.